The summed E-state index contributed by atoms with van der Waals surface area (Å²) in [6, 6.07) is 14.7. The van der Waals surface area contributed by atoms with Gasteiger partial charge in [-0.15, -0.1) is 0 Å². The molecule has 2 fully saturated rings. The van der Waals surface area contributed by atoms with Crippen molar-refractivity contribution in [1.82, 2.24) is 14.6 Å². The van der Waals surface area contributed by atoms with Crippen LogP contribution in [0.4, 0.5) is 5.82 Å². The molecule has 54 heavy (non-hydrogen) atoms. The molecule has 1 aromatic carbocycles. The number of aliphatic hydroxyl groups excluding tert-OH is 1. The second-order valence-electron chi connectivity index (χ2n) is 15.0. The summed E-state index contributed by atoms with van der Waals surface area (Å²) in [5, 5.41) is 36.8. The third-order valence-corrected chi connectivity index (χ3v) is 11.8. The first-order valence-electron chi connectivity index (χ1n) is 20.1. The van der Waals surface area contributed by atoms with Gasteiger partial charge in [0.25, 0.3) is 0 Å². The van der Waals surface area contributed by atoms with Crippen molar-refractivity contribution >= 4 is 19.2 Å². The lowest BCUT2D eigenvalue weighted by Gasteiger charge is -2.29. The molecular formula is C40H60N5O8P. The van der Waals surface area contributed by atoms with E-state index in [2.05, 4.69) is 17.0 Å². The van der Waals surface area contributed by atoms with Gasteiger partial charge in [-0.3, -0.25) is 9.05 Å². The van der Waals surface area contributed by atoms with Gasteiger partial charge in [-0.05, 0) is 24.1 Å². The molecule has 1 aliphatic heterocycles. The molecule has 14 heteroatoms. The van der Waals surface area contributed by atoms with Crippen LogP contribution >= 0.6 is 7.82 Å². The van der Waals surface area contributed by atoms with Crippen LogP contribution in [0.1, 0.15) is 134 Å². The monoisotopic (exact) mass is 769 g/mol. The molecule has 2 aliphatic rings. The maximum atomic E-state index is 13.1. The molecule has 0 radical (unpaired) electrons. The van der Waals surface area contributed by atoms with E-state index >= 15 is 0 Å². The number of hydrogen-bond acceptors (Lipinski definition) is 11. The maximum Gasteiger partial charge on any atom is 0.472 e. The number of nitrogens with two attached hydrogens (primary N) is 1. The van der Waals surface area contributed by atoms with E-state index in [1.165, 1.54) is 107 Å². The van der Waals surface area contributed by atoms with Crippen LogP contribution in [0.15, 0.2) is 48.8 Å². The second-order valence-corrected chi connectivity index (χ2v) is 16.4. The zero-order valence-electron chi connectivity index (χ0n) is 31.8. The smallest absolute Gasteiger partial charge is 0.385 e. The van der Waals surface area contributed by atoms with Gasteiger partial charge in [-0.2, -0.15) is 10.4 Å². The summed E-state index contributed by atoms with van der Waals surface area (Å²) in [4.78, 5) is 14.6. The van der Waals surface area contributed by atoms with Crippen molar-refractivity contribution in [3.63, 3.8) is 0 Å². The quantitative estimate of drug-likeness (QED) is 0.0437. The van der Waals surface area contributed by atoms with Crippen molar-refractivity contribution in [2.75, 3.05) is 12.3 Å². The SMILES string of the molecule is CCCCCCCCCCCCCCCCCCC[C@H](COP(=O)(O)OC1[C@H]2O[C@@](C#N)(c3ccc4c(N)ncnn34)[C@H](O)[C@@]12O)OCc1ccccc1. The predicted octanol–water partition coefficient (Wildman–Crippen LogP) is 7.66. The summed E-state index contributed by atoms with van der Waals surface area (Å²) >= 11 is 0. The molecule has 1 saturated heterocycles. The van der Waals surface area contributed by atoms with Gasteiger partial charge in [0.05, 0.1) is 25.0 Å². The lowest BCUT2D eigenvalue weighted by atomic mass is 9.90. The van der Waals surface area contributed by atoms with Gasteiger partial charge in [0, 0.05) is 0 Å². The fraction of sp³-hybridized carbons (Fsp3) is 0.675. The Morgan fingerprint density at radius 1 is 0.944 bits per heavy atom. The summed E-state index contributed by atoms with van der Waals surface area (Å²) in [5.41, 5.74) is 3.20. The largest absolute Gasteiger partial charge is 0.472 e. The number of unbranched alkanes of at least 4 members (excludes halogenated alkanes) is 16. The molecule has 3 heterocycles. The van der Waals surface area contributed by atoms with Crippen molar-refractivity contribution in [1.29, 1.82) is 5.26 Å². The minimum absolute atomic E-state index is 0.118. The fourth-order valence-electron chi connectivity index (χ4n) is 7.56. The standard InChI is InChI=1S/C40H60N5O8P/c1-2-3-4-5-6-7-8-9-10-11-12-13-14-15-16-17-21-24-32(50-27-31-22-19-18-20-23-31)28-51-54(48,49)53-36-35-40(36,47)38(46)39(29-41,52-35)34-26-25-33-37(42)43-30-44-45(33)34/h18-20,22-23,25-26,30,32,35-36,38,46-47H,2-17,21,24,27-28H2,1H3,(H,48,49)(H2,42,43,44)/t32-,35-,36?,38+,39+,40+/m1/s1. The average molecular weight is 770 g/mol. The molecule has 0 bridgehead atoms. The Hall–Kier alpha value is -2.92. The van der Waals surface area contributed by atoms with E-state index in [0.717, 1.165) is 24.8 Å². The minimum atomic E-state index is -4.75. The Morgan fingerprint density at radius 2 is 1.54 bits per heavy atom. The number of benzene rings is 1. The number of anilines is 1. The minimum Gasteiger partial charge on any atom is -0.385 e. The van der Waals surface area contributed by atoms with Gasteiger partial charge < -0.3 is 30.3 Å². The number of phosphoric ester groups is 1. The van der Waals surface area contributed by atoms with Gasteiger partial charge in [0.15, 0.2) is 11.4 Å². The Morgan fingerprint density at radius 3 is 2.09 bits per heavy atom. The second kappa shape index (κ2) is 20.3. The number of nitrogens with zero attached hydrogens (tertiary/aromatic N) is 4. The number of phosphoric acid groups is 1. The van der Waals surface area contributed by atoms with Gasteiger partial charge in [0.2, 0.25) is 5.60 Å². The first-order valence-corrected chi connectivity index (χ1v) is 21.5. The molecule has 1 saturated carbocycles. The summed E-state index contributed by atoms with van der Waals surface area (Å²) in [5.74, 6) is 0.149. The highest BCUT2D eigenvalue weighted by atomic mass is 31.2. The number of hydrogen-bond donors (Lipinski definition) is 4. The number of ether oxygens (including phenoxy) is 2. The molecule has 3 aromatic rings. The lowest BCUT2D eigenvalue weighted by Crippen LogP contribution is -2.47. The van der Waals surface area contributed by atoms with Crippen LogP contribution < -0.4 is 5.73 Å². The third kappa shape index (κ3) is 10.7. The van der Waals surface area contributed by atoms with E-state index in [1.54, 1.807) is 6.07 Å². The number of rotatable bonds is 27. The lowest BCUT2D eigenvalue weighted by molar-refractivity contribution is -0.106. The summed E-state index contributed by atoms with van der Waals surface area (Å²) in [7, 11) is -4.75. The van der Waals surface area contributed by atoms with E-state index in [4.69, 9.17) is 24.3 Å². The molecule has 13 nitrogen and oxygen atoms in total. The first-order chi connectivity index (χ1) is 26.2. The van der Waals surface area contributed by atoms with Crippen LogP contribution in [0, 0.1) is 11.3 Å². The highest BCUT2D eigenvalue weighted by molar-refractivity contribution is 7.47. The molecule has 5 rings (SSSR count). The third-order valence-electron chi connectivity index (χ3n) is 10.9. The zero-order valence-corrected chi connectivity index (χ0v) is 32.7. The average Bonchev–Trinajstić information content (AvgIpc) is 3.41. The van der Waals surface area contributed by atoms with Crippen LogP contribution in [0.3, 0.4) is 0 Å². The van der Waals surface area contributed by atoms with E-state index in [-0.39, 0.29) is 18.1 Å². The van der Waals surface area contributed by atoms with Gasteiger partial charge in [0.1, 0.15) is 36.2 Å². The molecular weight excluding hydrogens is 709 g/mol. The number of aliphatic hydroxyl groups is 2. The van der Waals surface area contributed by atoms with Crippen molar-refractivity contribution in [2.24, 2.45) is 0 Å². The molecule has 2 aromatic heterocycles. The molecule has 7 atom stereocenters. The summed E-state index contributed by atoms with van der Waals surface area (Å²) < 4.78 is 37.2. The Labute approximate surface area is 319 Å². The summed E-state index contributed by atoms with van der Waals surface area (Å²) in [6.07, 6.45) is 18.6. The highest BCUT2D eigenvalue weighted by Gasteiger charge is 2.83. The predicted molar refractivity (Wildman–Crippen MR) is 205 cm³/mol. The van der Waals surface area contributed by atoms with Gasteiger partial charge in [-0.1, -0.05) is 146 Å². The van der Waals surface area contributed by atoms with E-state index < -0.39 is 43.4 Å². The van der Waals surface area contributed by atoms with Crippen molar-refractivity contribution in [3.8, 4) is 6.07 Å². The van der Waals surface area contributed by atoms with Gasteiger partial charge in [-0.25, -0.2) is 14.1 Å². The maximum absolute atomic E-state index is 13.1. The molecule has 2 unspecified atom stereocenters. The van der Waals surface area contributed by atoms with Crippen molar-refractivity contribution in [2.45, 2.75) is 165 Å². The normalized spacial score (nSPS) is 25.0. The Balaban J connectivity index is 1.02. The molecule has 298 valence electrons. The van der Waals surface area contributed by atoms with Crippen molar-refractivity contribution < 1.29 is 38.2 Å². The summed E-state index contributed by atoms with van der Waals surface area (Å²) in [6.45, 7) is 2.37. The topological polar surface area (TPSA) is 195 Å². The van der Waals surface area contributed by atoms with E-state index in [1.807, 2.05) is 36.4 Å². The number of fused-ring (bicyclic) bond motifs is 2. The molecule has 0 amide bonds. The molecule has 1 aliphatic carbocycles. The Bertz CT molecular complexity index is 1670. The van der Waals surface area contributed by atoms with Gasteiger partial charge >= 0.3 is 7.82 Å². The van der Waals surface area contributed by atoms with Crippen LogP contribution in [0.5, 0.6) is 0 Å². The molecule has 0 spiro atoms. The molecule has 5 N–H and O–H groups in total. The number of nitrogen functional groups attached to an aromatic ring is 1. The zero-order chi connectivity index (χ0) is 38.4. The van der Waals surface area contributed by atoms with Crippen LogP contribution in [0.2, 0.25) is 0 Å². The Kier molecular flexibility index (Phi) is 15.9. The number of nitriles is 1. The van der Waals surface area contributed by atoms with Crippen molar-refractivity contribution in [3.05, 3.63) is 60.0 Å². The van der Waals surface area contributed by atoms with Crippen LogP contribution in [-0.2, 0) is 35.3 Å². The van der Waals surface area contributed by atoms with E-state index in [9.17, 15) is 24.9 Å². The van der Waals surface area contributed by atoms with E-state index in [0.29, 0.717) is 18.5 Å². The van der Waals surface area contributed by atoms with Crippen LogP contribution in [-0.4, -0.2) is 66.3 Å². The highest BCUT2D eigenvalue weighted by Crippen LogP contribution is 2.63. The fourth-order valence-corrected chi connectivity index (χ4v) is 8.54. The first kappa shape index (κ1) is 42.2. The number of aromatic nitrogens is 3. The van der Waals surface area contributed by atoms with Crippen LogP contribution in [0.25, 0.3) is 5.52 Å².